The number of hydrogen-bond donors (Lipinski definition) is 0. The lowest BCUT2D eigenvalue weighted by Gasteiger charge is -2.04. The molecule has 0 spiro atoms. The third-order valence-electron chi connectivity index (χ3n) is 1.50. The topological polar surface area (TPSA) is 48.4 Å². The number of rotatable bonds is 4. The number of ether oxygens (including phenoxy) is 2. The van der Waals surface area contributed by atoms with E-state index in [4.69, 9.17) is 9.47 Å². The molecule has 0 bridgehead atoms. The molecule has 4 nitrogen and oxygen atoms in total. The molecular formula is C12H18INO3. The van der Waals surface area contributed by atoms with Gasteiger partial charge in [-0.15, -0.1) is 0 Å². The number of esters is 1. The standard InChI is InChI=1S/C10H13NO3.C2H5I/c1-3-13-9-7-5-6-8(11-9)10(12)14-4-2;1-2-3/h5-7H,3-4H2,1-2H3;2H2,1H3. The highest BCUT2D eigenvalue weighted by Gasteiger charge is 2.08. The average Bonchev–Trinajstić information content (AvgIpc) is 2.31. The molecule has 0 radical (unpaired) electrons. The van der Waals surface area contributed by atoms with Gasteiger partial charge in [-0.25, -0.2) is 9.78 Å². The van der Waals surface area contributed by atoms with Crippen LogP contribution in [0.4, 0.5) is 0 Å². The van der Waals surface area contributed by atoms with E-state index in [1.54, 1.807) is 25.1 Å². The minimum Gasteiger partial charge on any atom is -0.478 e. The van der Waals surface area contributed by atoms with Gasteiger partial charge in [-0.2, -0.15) is 0 Å². The van der Waals surface area contributed by atoms with E-state index in [0.717, 1.165) is 0 Å². The molecule has 17 heavy (non-hydrogen) atoms. The summed E-state index contributed by atoms with van der Waals surface area (Å²) in [5.41, 5.74) is 0.276. The van der Waals surface area contributed by atoms with Crippen LogP contribution in [0.2, 0.25) is 0 Å². The molecular weight excluding hydrogens is 333 g/mol. The van der Waals surface area contributed by atoms with Gasteiger partial charge in [0, 0.05) is 6.07 Å². The predicted octanol–water partition coefficient (Wildman–Crippen LogP) is 3.10. The van der Waals surface area contributed by atoms with Crippen molar-refractivity contribution in [2.45, 2.75) is 20.8 Å². The number of halogens is 1. The summed E-state index contributed by atoms with van der Waals surface area (Å²) >= 11 is 2.29. The lowest BCUT2D eigenvalue weighted by atomic mass is 10.3. The third-order valence-corrected chi connectivity index (χ3v) is 1.50. The molecule has 0 aliphatic rings. The lowest BCUT2D eigenvalue weighted by molar-refractivity contribution is 0.0518. The van der Waals surface area contributed by atoms with Crippen LogP contribution in [0, 0.1) is 0 Å². The van der Waals surface area contributed by atoms with E-state index in [9.17, 15) is 4.79 Å². The van der Waals surface area contributed by atoms with E-state index >= 15 is 0 Å². The van der Waals surface area contributed by atoms with Crippen LogP contribution < -0.4 is 4.74 Å². The maximum atomic E-state index is 11.3. The van der Waals surface area contributed by atoms with Crippen LogP contribution in [0.1, 0.15) is 31.3 Å². The van der Waals surface area contributed by atoms with Crippen LogP contribution in [0.25, 0.3) is 0 Å². The summed E-state index contributed by atoms with van der Waals surface area (Å²) < 4.78 is 11.2. The molecule has 0 amide bonds. The highest BCUT2D eigenvalue weighted by atomic mass is 127. The van der Waals surface area contributed by atoms with Gasteiger partial charge >= 0.3 is 5.97 Å². The number of hydrogen-bond acceptors (Lipinski definition) is 4. The van der Waals surface area contributed by atoms with Crippen molar-refractivity contribution in [3.63, 3.8) is 0 Å². The van der Waals surface area contributed by atoms with Gasteiger partial charge in [0.15, 0.2) is 5.69 Å². The van der Waals surface area contributed by atoms with Gasteiger partial charge in [-0.05, 0) is 24.3 Å². The number of alkyl halides is 1. The first kappa shape index (κ1) is 16.1. The second-order valence-electron chi connectivity index (χ2n) is 2.78. The zero-order valence-electron chi connectivity index (χ0n) is 10.4. The van der Waals surface area contributed by atoms with Gasteiger partial charge in [0.05, 0.1) is 13.2 Å². The number of pyridine rings is 1. The van der Waals surface area contributed by atoms with Gasteiger partial charge < -0.3 is 9.47 Å². The zero-order valence-corrected chi connectivity index (χ0v) is 12.6. The van der Waals surface area contributed by atoms with Crippen molar-refractivity contribution in [3.05, 3.63) is 23.9 Å². The summed E-state index contributed by atoms with van der Waals surface area (Å²) in [4.78, 5) is 15.2. The van der Waals surface area contributed by atoms with E-state index in [0.29, 0.717) is 19.1 Å². The van der Waals surface area contributed by atoms with Crippen molar-refractivity contribution < 1.29 is 14.3 Å². The minimum absolute atomic E-state index is 0.276. The SMILES string of the molecule is CCI.CCOC(=O)c1cccc(OCC)n1. The fraction of sp³-hybridized carbons (Fsp3) is 0.500. The molecule has 0 fully saturated rings. The van der Waals surface area contributed by atoms with Gasteiger partial charge in [0.25, 0.3) is 0 Å². The minimum atomic E-state index is -0.422. The average molecular weight is 351 g/mol. The molecule has 0 unspecified atom stereocenters. The van der Waals surface area contributed by atoms with Crippen molar-refractivity contribution in [1.29, 1.82) is 0 Å². The number of carbonyl (C=O) groups is 1. The Balaban J connectivity index is 0.000000770. The molecule has 1 rings (SSSR count). The van der Waals surface area contributed by atoms with Gasteiger partial charge in [0.1, 0.15) is 0 Å². The number of nitrogens with zero attached hydrogens (tertiary/aromatic N) is 1. The molecule has 0 saturated heterocycles. The molecule has 0 aliphatic heterocycles. The monoisotopic (exact) mass is 351 g/mol. The maximum absolute atomic E-state index is 11.3. The summed E-state index contributed by atoms with van der Waals surface area (Å²) in [7, 11) is 0. The summed E-state index contributed by atoms with van der Waals surface area (Å²) in [5, 5.41) is 0. The first-order valence-corrected chi connectivity index (χ1v) is 7.05. The first-order valence-electron chi connectivity index (χ1n) is 5.52. The second-order valence-corrected chi connectivity index (χ2v) is 4.31. The van der Waals surface area contributed by atoms with Gasteiger partial charge in [-0.3, -0.25) is 0 Å². The molecule has 0 aromatic carbocycles. The molecule has 1 aromatic rings. The Morgan fingerprint density at radius 1 is 1.29 bits per heavy atom. The third kappa shape index (κ3) is 7.14. The fourth-order valence-corrected chi connectivity index (χ4v) is 0.962. The summed E-state index contributed by atoms with van der Waals surface area (Å²) in [6, 6.07) is 5.01. The Morgan fingerprint density at radius 3 is 2.47 bits per heavy atom. The highest BCUT2D eigenvalue weighted by molar-refractivity contribution is 14.1. The second kappa shape index (κ2) is 10.3. The van der Waals surface area contributed by atoms with Crippen LogP contribution in [0.15, 0.2) is 18.2 Å². The van der Waals surface area contributed by atoms with Gasteiger partial charge in [0.2, 0.25) is 5.88 Å². The Morgan fingerprint density at radius 2 is 1.94 bits per heavy atom. The van der Waals surface area contributed by atoms with Crippen LogP contribution in [-0.2, 0) is 4.74 Å². The van der Waals surface area contributed by atoms with Crippen LogP contribution >= 0.6 is 22.6 Å². The molecule has 96 valence electrons. The zero-order chi connectivity index (χ0) is 13.1. The Bertz CT molecular complexity index is 331. The molecule has 0 saturated carbocycles. The van der Waals surface area contributed by atoms with Crippen molar-refractivity contribution >= 4 is 28.6 Å². The molecule has 5 heteroatoms. The van der Waals surface area contributed by atoms with Crippen molar-refractivity contribution in [2.75, 3.05) is 17.6 Å². The van der Waals surface area contributed by atoms with Crippen molar-refractivity contribution in [1.82, 2.24) is 4.98 Å². The number of aromatic nitrogens is 1. The predicted molar refractivity (Wildman–Crippen MR) is 75.9 cm³/mol. The molecule has 0 N–H and O–H groups in total. The van der Waals surface area contributed by atoms with E-state index in [2.05, 4.69) is 34.5 Å². The highest BCUT2D eigenvalue weighted by Crippen LogP contribution is 2.08. The molecule has 0 atom stereocenters. The smallest absolute Gasteiger partial charge is 0.357 e. The summed E-state index contributed by atoms with van der Waals surface area (Å²) in [6.07, 6.45) is 0. The number of carbonyl (C=O) groups excluding carboxylic acids is 1. The maximum Gasteiger partial charge on any atom is 0.357 e. The van der Waals surface area contributed by atoms with Crippen molar-refractivity contribution in [2.24, 2.45) is 0 Å². The molecule has 0 aliphatic carbocycles. The van der Waals surface area contributed by atoms with E-state index in [1.807, 2.05) is 6.92 Å². The Labute approximate surface area is 116 Å². The normalized spacial score (nSPS) is 8.94. The quantitative estimate of drug-likeness (QED) is 0.475. The summed E-state index contributed by atoms with van der Waals surface area (Å²) in [6.45, 7) is 6.60. The lowest BCUT2D eigenvalue weighted by Crippen LogP contribution is -2.07. The Kier molecular flexibility index (Phi) is 9.80. The van der Waals surface area contributed by atoms with Crippen LogP contribution in [0.5, 0.6) is 5.88 Å². The largest absolute Gasteiger partial charge is 0.478 e. The van der Waals surface area contributed by atoms with Crippen LogP contribution in [-0.4, -0.2) is 28.6 Å². The van der Waals surface area contributed by atoms with E-state index in [-0.39, 0.29) is 5.69 Å². The van der Waals surface area contributed by atoms with E-state index < -0.39 is 5.97 Å². The van der Waals surface area contributed by atoms with Crippen LogP contribution in [0.3, 0.4) is 0 Å². The fourth-order valence-electron chi connectivity index (χ4n) is 0.962. The van der Waals surface area contributed by atoms with E-state index in [1.165, 1.54) is 4.43 Å². The molecule has 1 aromatic heterocycles. The Hall–Kier alpha value is -0.850. The molecule has 1 heterocycles. The van der Waals surface area contributed by atoms with Crippen molar-refractivity contribution in [3.8, 4) is 5.88 Å². The van der Waals surface area contributed by atoms with Gasteiger partial charge in [-0.1, -0.05) is 35.6 Å². The first-order chi connectivity index (χ1) is 8.19. The summed E-state index contributed by atoms with van der Waals surface area (Å²) in [5.74, 6) is 0.0205.